The molecule has 0 saturated heterocycles. The largest absolute Gasteiger partial charge is 0.508 e. The third-order valence-corrected chi connectivity index (χ3v) is 4.50. The van der Waals surface area contributed by atoms with E-state index < -0.39 is 12.1 Å². The van der Waals surface area contributed by atoms with Crippen LogP contribution in [0.5, 0.6) is 0 Å². The Hall–Kier alpha value is -2.32. The van der Waals surface area contributed by atoms with E-state index in [0.29, 0.717) is 52.3 Å². The summed E-state index contributed by atoms with van der Waals surface area (Å²) in [5, 5.41) is 0. The van der Waals surface area contributed by atoms with Gasteiger partial charge in [0.25, 0.3) is 0 Å². The average molecular weight is 475 g/mol. The molecule has 0 aromatic heterocycles. The molecule has 0 heterocycles. The second-order valence-corrected chi connectivity index (χ2v) is 7.69. The first-order chi connectivity index (χ1) is 16.0. The first kappa shape index (κ1) is 30.7. The summed E-state index contributed by atoms with van der Waals surface area (Å²) in [4.78, 5) is 45.5. The number of unbranched alkanes of at least 4 members (excludes halogenated alkanes) is 6. The third kappa shape index (κ3) is 22.7. The van der Waals surface area contributed by atoms with Crippen LogP contribution in [0.15, 0.2) is 0 Å². The normalized spacial score (nSPS) is 10.4. The minimum Gasteiger partial charge on any atom is -0.466 e. The van der Waals surface area contributed by atoms with E-state index in [4.69, 9.17) is 23.7 Å². The van der Waals surface area contributed by atoms with Gasteiger partial charge in [-0.05, 0) is 64.2 Å². The molecule has 0 aliphatic heterocycles. The second-order valence-electron chi connectivity index (χ2n) is 7.69. The molecular weight excluding hydrogens is 432 g/mol. The predicted octanol–water partition coefficient (Wildman–Crippen LogP) is 4.88. The van der Waals surface area contributed by atoms with Gasteiger partial charge >= 0.3 is 24.1 Å². The maximum Gasteiger partial charge on any atom is 0.508 e. The van der Waals surface area contributed by atoms with E-state index in [1.165, 1.54) is 0 Å². The molecule has 0 N–H and O–H groups in total. The van der Waals surface area contributed by atoms with Gasteiger partial charge in [-0.15, -0.1) is 0 Å². The summed E-state index contributed by atoms with van der Waals surface area (Å²) in [6.45, 7) is 5.58. The van der Waals surface area contributed by atoms with Crippen LogP contribution in [0.2, 0.25) is 0 Å². The van der Waals surface area contributed by atoms with Crippen LogP contribution in [0.3, 0.4) is 0 Å². The molecule has 33 heavy (non-hydrogen) atoms. The van der Waals surface area contributed by atoms with E-state index in [-0.39, 0.29) is 24.8 Å². The highest BCUT2D eigenvalue weighted by molar-refractivity contribution is 5.77. The van der Waals surface area contributed by atoms with Gasteiger partial charge in [-0.25, -0.2) is 4.79 Å². The van der Waals surface area contributed by atoms with Gasteiger partial charge in [0.1, 0.15) is 0 Å². The van der Waals surface area contributed by atoms with Crippen molar-refractivity contribution < 1.29 is 42.9 Å². The summed E-state index contributed by atoms with van der Waals surface area (Å²) in [7, 11) is 0. The van der Waals surface area contributed by atoms with E-state index in [0.717, 1.165) is 51.4 Å². The first-order valence-corrected chi connectivity index (χ1v) is 12.3. The Balaban J connectivity index is 3.36. The van der Waals surface area contributed by atoms with E-state index in [1.807, 2.05) is 13.8 Å². The molecule has 0 unspecified atom stereocenters. The second kappa shape index (κ2) is 22.9. The number of esters is 3. The molecule has 0 fully saturated rings. The number of hydrogen-bond acceptors (Lipinski definition) is 9. The Morgan fingerprint density at radius 3 is 1.18 bits per heavy atom. The van der Waals surface area contributed by atoms with Crippen LogP contribution in [-0.2, 0) is 38.1 Å². The van der Waals surface area contributed by atoms with Crippen molar-refractivity contribution in [3.05, 3.63) is 0 Å². The molecule has 0 amide bonds. The van der Waals surface area contributed by atoms with E-state index in [2.05, 4.69) is 0 Å². The molecule has 0 atom stereocenters. The molecule has 0 aliphatic rings. The van der Waals surface area contributed by atoms with Gasteiger partial charge in [0.15, 0.2) is 0 Å². The quantitative estimate of drug-likeness (QED) is 0.130. The maximum absolute atomic E-state index is 11.5. The molecule has 9 nitrogen and oxygen atoms in total. The zero-order valence-electron chi connectivity index (χ0n) is 20.4. The Kier molecular flexibility index (Phi) is 21.3. The first-order valence-electron chi connectivity index (χ1n) is 12.3. The van der Waals surface area contributed by atoms with Gasteiger partial charge in [0, 0.05) is 6.42 Å². The molecule has 192 valence electrons. The van der Waals surface area contributed by atoms with Crippen molar-refractivity contribution in [2.45, 2.75) is 97.3 Å². The lowest BCUT2D eigenvalue weighted by atomic mass is 10.2. The summed E-state index contributed by atoms with van der Waals surface area (Å²) in [5.41, 5.74) is 0. The van der Waals surface area contributed by atoms with E-state index in [1.54, 1.807) is 0 Å². The van der Waals surface area contributed by atoms with E-state index in [9.17, 15) is 19.2 Å². The molecular formula is C24H42O9. The van der Waals surface area contributed by atoms with Crippen LogP contribution in [0, 0.1) is 0 Å². The lowest BCUT2D eigenvalue weighted by Crippen LogP contribution is -2.11. The lowest BCUT2D eigenvalue weighted by molar-refractivity contribution is -0.150. The fraction of sp³-hybridized carbons (Fsp3) is 0.833. The predicted molar refractivity (Wildman–Crippen MR) is 122 cm³/mol. The fourth-order valence-electron chi connectivity index (χ4n) is 2.68. The average Bonchev–Trinajstić information content (AvgIpc) is 2.79. The van der Waals surface area contributed by atoms with Gasteiger partial charge in [0.2, 0.25) is 0 Å². The lowest BCUT2D eigenvalue weighted by Gasteiger charge is -2.07. The highest BCUT2D eigenvalue weighted by atomic mass is 16.7. The molecule has 0 aliphatic carbocycles. The minimum absolute atomic E-state index is 0.0347. The van der Waals surface area contributed by atoms with Crippen molar-refractivity contribution in [3.63, 3.8) is 0 Å². The van der Waals surface area contributed by atoms with Crippen LogP contribution in [-0.4, -0.2) is 57.1 Å². The van der Waals surface area contributed by atoms with Crippen molar-refractivity contribution in [1.29, 1.82) is 0 Å². The van der Waals surface area contributed by atoms with Crippen LogP contribution in [0.25, 0.3) is 0 Å². The van der Waals surface area contributed by atoms with Crippen molar-refractivity contribution >= 4 is 24.1 Å². The fourth-order valence-corrected chi connectivity index (χ4v) is 2.68. The van der Waals surface area contributed by atoms with Gasteiger partial charge in [-0.2, -0.15) is 0 Å². The molecule has 0 spiro atoms. The van der Waals surface area contributed by atoms with Gasteiger partial charge in [-0.1, -0.05) is 13.8 Å². The molecule has 0 radical (unpaired) electrons. The van der Waals surface area contributed by atoms with Crippen molar-refractivity contribution in [1.82, 2.24) is 0 Å². The summed E-state index contributed by atoms with van der Waals surface area (Å²) in [6, 6.07) is 0. The zero-order chi connectivity index (χ0) is 24.6. The Labute approximate surface area is 197 Å². The summed E-state index contributed by atoms with van der Waals surface area (Å²) < 4.78 is 25.1. The number of rotatable bonds is 21. The van der Waals surface area contributed by atoms with E-state index >= 15 is 0 Å². The molecule has 0 saturated carbocycles. The molecule has 0 aromatic carbocycles. The molecule has 9 heteroatoms. The summed E-state index contributed by atoms with van der Waals surface area (Å²) in [5.74, 6) is -0.926. The topological polar surface area (TPSA) is 114 Å². The highest BCUT2D eigenvalue weighted by Crippen LogP contribution is 2.05. The SMILES string of the molecule is CCCOC(=O)CCC(=O)OCCCCCCOC(=O)OCCCCCCOC(=O)CCC. The molecule has 0 rings (SSSR count). The van der Waals surface area contributed by atoms with Gasteiger partial charge < -0.3 is 23.7 Å². The third-order valence-electron chi connectivity index (χ3n) is 4.50. The molecule has 0 aromatic rings. The number of carbonyl (C=O) groups is 4. The summed E-state index contributed by atoms with van der Waals surface area (Å²) >= 11 is 0. The van der Waals surface area contributed by atoms with Gasteiger partial charge in [-0.3, -0.25) is 14.4 Å². The highest BCUT2D eigenvalue weighted by Gasteiger charge is 2.09. The number of hydrogen-bond donors (Lipinski definition) is 0. The van der Waals surface area contributed by atoms with Crippen molar-refractivity contribution in [2.75, 3.05) is 33.0 Å². The Morgan fingerprint density at radius 2 is 0.788 bits per heavy atom. The van der Waals surface area contributed by atoms with Crippen LogP contribution in [0.1, 0.15) is 97.3 Å². The number of ether oxygens (including phenoxy) is 5. The minimum atomic E-state index is -0.658. The Morgan fingerprint density at radius 1 is 0.424 bits per heavy atom. The maximum atomic E-state index is 11.5. The smallest absolute Gasteiger partial charge is 0.466 e. The zero-order valence-corrected chi connectivity index (χ0v) is 20.4. The molecule has 0 bridgehead atoms. The van der Waals surface area contributed by atoms with Crippen LogP contribution in [0.4, 0.5) is 4.79 Å². The monoisotopic (exact) mass is 474 g/mol. The standard InChI is InChI=1S/C24H42O9/c1-3-13-21(25)30-17-9-5-7-11-19-32-24(28)33-20-12-8-6-10-18-31-23(27)15-14-22(26)29-16-4-2/h3-20H2,1-2H3. The van der Waals surface area contributed by atoms with Crippen LogP contribution >= 0.6 is 0 Å². The van der Waals surface area contributed by atoms with Gasteiger partial charge in [0.05, 0.1) is 45.9 Å². The van der Waals surface area contributed by atoms with Crippen LogP contribution < -0.4 is 0 Å². The van der Waals surface area contributed by atoms with Crippen molar-refractivity contribution in [2.24, 2.45) is 0 Å². The number of carbonyl (C=O) groups excluding carboxylic acids is 4. The summed E-state index contributed by atoms with van der Waals surface area (Å²) in [6.07, 6.45) is 7.92. The van der Waals surface area contributed by atoms with Crippen molar-refractivity contribution in [3.8, 4) is 0 Å². The Bertz CT molecular complexity index is 534.